The monoisotopic (exact) mass is 348 g/mol. The number of aromatic nitrogens is 2. The molecule has 0 bridgehead atoms. The maximum absolute atomic E-state index is 12.4. The van der Waals surface area contributed by atoms with Gasteiger partial charge in [0.25, 0.3) is 5.91 Å². The van der Waals surface area contributed by atoms with Crippen LogP contribution in [0.25, 0.3) is 11.0 Å². The fourth-order valence-corrected chi connectivity index (χ4v) is 3.06. The Kier molecular flexibility index (Phi) is 5.25. The maximum Gasteiger partial charge on any atom is 0.290 e. The zero-order valence-electron chi connectivity index (χ0n) is 13.5. The van der Waals surface area contributed by atoms with Gasteiger partial charge in [-0.2, -0.15) is 0 Å². The first-order chi connectivity index (χ1) is 12.1. The van der Waals surface area contributed by atoms with Crippen molar-refractivity contribution in [3.8, 4) is 0 Å². The number of hydrogen-bond acceptors (Lipinski definition) is 7. The molecule has 2 heterocycles. The number of nitrogens with zero attached hydrogens (tertiary/aromatic N) is 2. The van der Waals surface area contributed by atoms with Gasteiger partial charge in [0.1, 0.15) is 0 Å². The van der Waals surface area contributed by atoms with Crippen LogP contribution in [-0.4, -0.2) is 57.5 Å². The normalized spacial score (nSPS) is 23.4. The minimum atomic E-state index is -0.838. The molecule has 1 saturated carbocycles. The largest absolute Gasteiger partial charge is 0.395 e. The molecule has 3 rings (SSSR count). The molecule has 4 N–H and O–H groups in total. The average molecular weight is 348 g/mol. The molecule has 1 fully saturated rings. The van der Waals surface area contributed by atoms with Crippen LogP contribution in [0.3, 0.4) is 0 Å². The van der Waals surface area contributed by atoms with Gasteiger partial charge < -0.3 is 25.4 Å². The summed E-state index contributed by atoms with van der Waals surface area (Å²) >= 11 is 0. The number of pyridine rings is 1. The third kappa shape index (κ3) is 3.77. The quantitative estimate of drug-likeness (QED) is 0.576. The van der Waals surface area contributed by atoms with Crippen molar-refractivity contribution in [3.63, 3.8) is 0 Å². The van der Waals surface area contributed by atoms with E-state index in [1.165, 1.54) is 0 Å². The molecule has 134 valence electrons. The summed E-state index contributed by atoms with van der Waals surface area (Å²) in [5, 5.41) is 28.6. The van der Waals surface area contributed by atoms with Gasteiger partial charge in [0.15, 0.2) is 0 Å². The van der Waals surface area contributed by atoms with Gasteiger partial charge >= 0.3 is 0 Å². The van der Waals surface area contributed by atoms with E-state index in [2.05, 4.69) is 20.8 Å². The number of aliphatic hydroxyl groups is 2. The molecule has 0 spiro atoms. The highest BCUT2D eigenvalue weighted by atomic mass is 16.5. The summed E-state index contributed by atoms with van der Waals surface area (Å²) in [6.45, 7) is 0.0673. The molecular weight excluding hydrogens is 328 g/mol. The number of rotatable bonds is 5. The second-order valence-corrected chi connectivity index (χ2v) is 6.06. The van der Waals surface area contributed by atoms with Crippen molar-refractivity contribution in [1.82, 2.24) is 20.8 Å². The summed E-state index contributed by atoms with van der Waals surface area (Å²) in [6, 6.07) is 2.90. The lowest BCUT2D eigenvalue weighted by molar-refractivity contribution is -0.127. The van der Waals surface area contributed by atoms with Crippen LogP contribution in [0.5, 0.6) is 0 Å². The first kappa shape index (κ1) is 17.3. The number of carbonyl (C=O) groups excluding carboxylic acids is 2. The number of nitrogens with one attached hydrogen (secondary N) is 2. The summed E-state index contributed by atoms with van der Waals surface area (Å²) in [7, 11) is 0. The summed E-state index contributed by atoms with van der Waals surface area (Å²) in [5.74, 6) is -0.934. The topological polar surface area (TPSA) is 138 Å². The number of amides is 2. The van der Waals surface area contributed by atoms with Crippen LogP contribution in [0.4, 0.5) is 0 Å². The zero-order valence-corrected chi connectivity index (χ0v) is 13.5. The predicted octanol–water partition coefficient (Wildman–Crippen LogP) is -0.409. The lowest BCUT2D eigenvalue weighted by Gasteiger charge is -2.32. The van der Waals surface area contributed by atoms with Crippen molar-refractivity contribution in [2.24, 2.45) is 5.92 Å². The second kappa shape index (κ2) is 7.58. The van der Waals surface area contributed by atoms with E-state index in [4.69, 9.17) is 9.63 Å². The SMILES string of the molecule is O=C(N[C@H]1CC[C@H](C(=O)NCCO)C[C@@H]1O)c1onc2ncccc12. The molecule has 0 saturated heterocycles. The Hall–Kier alpha value is -2.52. The molecule has 1 aliphatic rings. The van der Waals surface area contributed by atoms with Crippen LogP contribution in [0.2, 0.25) is 0 Å². The fraction of sp³-hybridized carbons (Fsp3) is 0.500. The lowest BCUT2D eigenvalue weighted by Crippen LogP contribution is -2.49. The van der Waals surface area contributed by atoms with Crippen LogP contribution in [0.1, 0.15) is 29.8 Å². The Balaban J connectivity index is 1.60. The van der Waals surface area contributed by atoms with Gasteiger partial charge in [-0.1, -0.05) is 5.16 Å². The van der Waals surface area contributed by atoms with Crippen LogP contribution in [0.15, 0.2) is 22.9 Å². The van der Waals surface area contributed by atoms with Crippen molar-refractivity contribution in [2.45, 2.75) is 31.4 Å². The molecule has 25 heavy (non-hydrogen) atoms. The standard InChI is InChI=1S/C16H20N4O5/c21-7-6-18-15(23)9-3-4-11(12(22)8-9)19-16(24)13-10-2-1-5-17-14(10)20-25-13/h1-2,5,9,11-12,21-22H,3-4,6-8H2,(H,18,23)(H,19,24)/t9-,11-,12-/m0/s1. The predicted molar refractivity (Wildman–Crippen MR) is 86.5 cm³/mol. The smallest absolute Gasteiger partial charge is 0.290 e. The summed E-state index contributed by atoms with van der Waals surface area (Å²) in [6.07, 6.45) is 1.97. The summed E-state index contributed by atoms with van der Waals surface area (Å²) in [4.78, 5) is 28.3. The van der Waals surface area contributed by atoms with Crippen LogP contribution in [-0.2, 0) is 4.79 Å². The van der Waals surface area contributed by atoms with Gasteiger partial charge in [0, 0.05) is 18.7 Å². The minimum absolute atomic E-state index is 0.0538. The first-order valence-electron chi connectivity index (χ1n) is 8.18. The van der Waals surface area contributed by atoms with Gasteiger partial charge in [-0.3, -0.25) is 9.59 Å². The lowest BCUT2D eigenvalue weighted by atomic mass is 9.83. The number of aliphatic hydroxyl groups excluding tert-OH is 2. The zero-order chi connectivity index (χ0) is 17.8. The molecule has 0 aromatic carbocycles. The van der Waals surface area contributed by atoms with E-state index in [9.17, 15) is 14.7 Å². The van der Waals surface area contributed by atoms with Gasteiger partial charge in [0.05, 0.1) is 24.1 Å². The Morgan fingerprint density at radius 1 is 1.36 bits per heavy atom. The number of fused-ring (bicyclic) bond motifs is 1. The van der Waals surface area contributed by atoms with Crippen molar-refractivity contribution < 1.29 is 24.3 Å². The highest BCUT2D eigenvalue weighted by Gasteiger charge is 2.34. The van der Waals surface area contributed by atoms with Gasteiger partial charge in [-0.25, -0.2) is 4.98 Å². The van der Waals surface area contributed by atoms with Gasteiger partial charge in [0.2, 0.25) is 17.3 Å². The molecule has 0 unspecified atom stereocenters. The molecule has 2 amide bonds. The molecule has 0 aliphatic heterocycles. The van der Waals surface area contributed by atoms with Gasteiger partial charge in [-0.15, -0.1) is 0 Å². The Bertz CT molecular complexity index is 762. The molecule has 1 aliphatic carbocycles. The third-order valence-corrected chi connectivity index (χ3v) is 4.38. The highest BCUT2D eigenvalue weighted by Crippen LogP contribution is 2.26. The third-order valence-electron chi connectivity index (χ3n) is 4.38. The average Bonchev–Trinajstić information content (AvgIpc) is 3.05. The van der Waals surface area contributed by atoms with Gasteiger partial charge in [-0.05, 0) is 31.4 Å². The molecule has 9 heteroatoms. The van der Waals surface area contributed by atoms with Crippen molar-refractivity contribution in [1.29, 1.82) is 0 Å². The second-order valence-electron chi connectivity index (χ2n) is 6.06. The molecule has 2 aromatic rings. The van der Waals surface area contributed by atoms with E-state index in [0.717, 1.165) is 0 Å². The molecule has 0 radical (unpaired) electrons. The Morgan fingerprint density at radius 3 is 2.96 bits per heavy atom. The van der Waals surface area contributed by atoms with Crippen LogP contribution in [0, 0.1) is 5.92 Å². The van der Waals surface area contributed by atoms with Crippen LogP contribution >= 0.6 is 0 Å². The van der Waals surface area contributed by atoms with E-state index in [0.29, 0.717) is 23.9 Å². The number of carbonyl (C=O) groups is 2. The molecule has 2 aromatic heterocycles. The Morgan fingerprint density at radius 2 is 2.20 bits per heavy atom. The summed E-state index contributed by atoms with van der Waals surface area (Å²) in [5.41, 5.74) is 0.345. The fourth-order valence-electron chi connectivity index (χ4n) is 3.06. The highest BCUT2D eigenvalue weighted by molar-refractivity contribution is 6.02. The molecular formula is C16H20N4O5. The summed E-state index contributed by atoms with van der Waals surface area (Å²) < 4.78 is 5.06. The molecule has 3 atom stereocenters. The van der Waals surface area contributed by atoms with Crippen LogP contribution < -0.4 is 10.6 Å². The first-order valence-corrected chi connectivity index (χ1v) is 8.18. The Labute approximate surface area is 143 Å². The molecule has 9 nitrogen and oxygen atoms in total. The van der Waals surface area contributed by atoms with E-state index >= 15 is 0 Å². The van der Waals surface area contributed by atoms with Crippen molar-refractivity contribution in [3.05, 3.63) is 24.1 Å². The van der Waals surface area contributed by atoms with E-state index < -0.39 is 18.1 Å². The van der Waals surface area contributed by atoms with Crippen molar-refractivity contribution >= 4 is 22.8 Å². The van der Waals surface area contributed by atoms with E-state index in [-0.39, 0.29) is 37.2 Å². The minimum Gasteiger partial charge on any atom is -0.395 e. The maximum atomic E-state index is 12.4. The van der Waals surface area contributed by atoms with E-state index in [1.54, 1.807) is 18.3 Å². The van der Waals surface area contributed by atoms with E-state index in [1.807, 2.05) is 0 Å². The van der Waals surface area contributed by atoms with Crippen molar-refractivity contribution in [2.75, 3.05) is 13.2 Å². The number of hydrogen-bond donors (Lipinski definition) is 4.